The fraction of sp³-hybridized carbons (Fsp3) is 0.405. The fourth-order valence-electron chi connectivity index (χ4n) is 10.1. The highest BCUT2D eigenvalue weighted by molar-refractivity contribution is 9.10. The van der Waals surface area contributed by atoms with Crippen molar-refractivity contribution in [1.29, 1.82) is 0 Å². The van der Waals surface area contributed by atoms with Gasteiger partial charge in [-0.1, -0.05) is 75.7 Å². The first-order chi connectivity index (χ1) is 18.8. The van der Waals surface area contributed by atoms with E-state index < -0.39 is 0 Å². The number of fused-ring (bicyclic) bond motifs is 12. The topological polar surface area (TPSA) is 0 Å². The summed E-state index contributed by atoms with van der Waals surface area (Å²) in [4.78, 5) is 0. The Kier molecular flexibility index (Phi) is 4.77. The van der Waals surface area contributed by atoms with Gasteiger partial charge in [-0.15, -0.1) is 0 Å². The molecule has 8 aliphatic carbocycles. The van der Waals surface area contributed by atoms with Gasteiger partial charge in [0.05, 0.1) is 0 Å². The molecule has 190 valence electrons. The van der Waals surface area contributed by atoms with Crippen LogP contribution in [-0.4, -0.2) is 0 Å². The van der Waals surface area contributed by atoms with E-state index in [0.29, 0.717) is 17.8 Å². The minimum atomic E-state index is 0.0666. The molecule has 1 aromatic carbocycles. The molecule has 0 heterocycles. The molecule has 4 atom stereocenters. The Labute approximate surface area is 235 Å². The van der Waals surface area contributed by atoms with Crippen LogP contribution in [0.3, 0.4) is 0 Å². The first-order valence-electron chi connectivity index (χ1n) is 15.2. The summed E-state index contributed by atoms with van der Waals surface area (Å²) in [5.41, 5.74) is 18.7. The summed E-state index contributed by atoms with van der Waals surface area (Å²) in [6.45, 7) is 0. The Morgan fingerprint density at radius 1 is 0.789 bits per heavy atom. The molecule has 0 aromatic heterocycles. The zero-order valence-electron chi connectivity index (χ0n) is 22.2. The number of rotatable bonds is 0. The summed E-state index contributed by atoms with van der Waals surface area (Å²) >= 11 is 3.84. The Balaban J connectivity index is 1.31. The summed E-state index contributed by atoms with van der Waals surface area (Å²) in [7, 11) is 0. The average molecular weight is 560 g/mol. The summed E-state index contributed by atoms with van der Waals surface area (Å²) < 4.78 is 1.23. The Hall–Kier alpha value is -2.38. The van der Waals surface area contributed by atoms with Gasteiger partial charge >= 0.3 is 0 Å². The van der Waals surface area contributed by atoms with Gasteiger partial charge in [-0.3, -0.25) is 0 Å². The second-order valence-corrected chi connectivity index (χ2v) is 13.7. The van der Waals surface area contributed by atoms with Gasteiger partial charge < -0.3 is 0 Å². The third kappa shape index (κ3) is 2.72. The van der Waals surface area contributed by atoms with Crippen LogP contribution in [0.4, 0.5) is 0 Å². The van der Waals surface area contributed by atoms with E-state index in [1.807, 2.05) is 5.57 Å². The number of halogens is 1. The van der Waals surface area contributed by atoms with Crippen LogP contribution < -0.4 is 0 Å². The van der Waals surface area contributed by atoms with Gasteiger partial charge in [0.1, 0.15) is 0 Å². The molecular formula is C37H35Br. The maximum absolute atomic E-state index is 3.84. The van der Waals surface area contributed by atoms with E-state index in [1.54, 1.807) is 55.7 Å². The number of hydrogen-bond acceptors (Lipinski definition) is 0. The summed E-state index contributed by atoms with van der Waals surface area (Å²) in [5, 5.41) is 0. The molecule has 38 heavy (non-hydrogen) atoms. The van der Waals surface area contributed by atoms with Crippen molar-refractivity contribution in [2.45, 2.75) is 76.0 Å². The van der Waals surface area contributed by atoms with Crippen molar-refractivity contribution in [3.63, 3.8) is 0 Å². The highest BCUT2D eigenvalue weighted by Gasteiger charge is 2.60. The van der Waals surface area contributed by atoms with Crippen molar-refractivity contribution in [3.05, 3.63) is 121 Å². The predicted molar refractivity (Wildman–Crippen MR) is 161 cm³/mol. The standard InChI is InChI=1S/C37H35Br/c38-22-17-18-35-31(19-22)27-13-5-7-15-33(27)37(35)34-16-8-6-14-28(34)32-20-29-25-11-3-1-9-23(25)24-10-2-4-12-26(24)30(29)21-36(32)37/h2-3,7,10-11,15,17-20,29-30,36H,1,4-6,8-9,12-14,16,21H2. The molecule has 1 spiro atoms. The van der Waals surface area contributed by atoms with Crippen LogP contribution in [0, 0.1) is 17.8 Å². The quantitative estimate of drug-likeness (QED) is 0.297. The lowest BCUT2D eigenvalue weighted by Gasteiger charge is -2.47. The SMILES string of the molecule is Brc1ccc2c(c1)C1=C(C=CCC1)C21C2=C(CCCC2)C2=CC3C4=C(CCC=C4)C4=C(CCC=C4)C3CC21. The number of allylic oxidation sites excluding steroid dienone is 16. The second-order valence-electron chi connectivity index (χ2n) is 12.8. The predicted octanol–water partition coefficient (Wildman–Crippen LogP) is 10.2. The number of benzene rings is 1. The van der Waals surface area contributed by atoms with E-state index in [4.69, 9.17) is 0 Å². The van der Waals surface area contributed by atoms with Crippen molar-refractivity contribution in [1.82, 2.24) is 0 Å². The van der Waals surface area contributed by atoms with Gasteiger partial charge in [-0.25, -0.2) is 0 Å². The zero-order chi connectivity index (χ0) is 25.0. The van der Waals surface area contributed by atoms with E-state index in [1.165, 1.54) is 75.1 Å². The fourth-order valence-corrected chi connectivity index (χ4v) is 10.5. The van der Waals surface area contributed by atoms with Crippen molar-refractivity contribution < 1.29 is 0 Å². The Morgan fingerprint density at radius 3 is 2.55 bits per heavy atom. The molecule has 1 aromatic rings. The van der Waals surface area contributed by atoms with E-state index in [2.05, 4.69) is 76.7 Å². The summed E-state index contributed by atoms with van der Waals surface area (Å²) in [5.74, 6) is 1.81. The molecule has 0 bridgehead atoms. The lowest BCUT2D eigenvalue weighted by Crippen LogP contribution is -2.40. The van der Waals surface area contributed by atoms with Crippen molar-refractivity contribution in [2.75, 3.05) is 0 Å². The second kappa shape index (κ2) is 8.07. The first kappa shape index (κ1) is 22.4. The zero-order valence-corrected chi connectivity index (χ0v) is 23.7. The van der Waals surface area contributed by atoms with Crippen LogP contribution >= 0.6 is 15.9 Å². The third-order valence-electron chi connectivity index (χ3n) is 11.3. The maximum atomic E-state index is 3.84. The van der Waals surface area contributed by atoms with Gasteiger partial charge in [-0.2, -0.15) is 0 Å². The molecule has 0 amide bonds. The molecule has 0 N–H and O–H groups in total. The molecule has 0 saturated heterocycles. The Bertz CT molecular complexity index is 1560. The minimum absolute atomic E-state index is 0.0666. The molecule has 9 rings (SSSR count). The highest BCUT2D eigenvalue weighted by atomic mass is 79.9. The molecule has 1 heteroatoms. The highest BCUT2D eigenvalue weighted by Crippen LogP contribution is 2.69. The molecule has 8 aliphatic rings. The van der Waals surface area contributed by atoms with E-state index in [-0.39, 0.29) is 5.41 Å². The summed E-state index contributed by atoms with van der Waals surface area (Å²) in [6.07, 6.45) is 31.7. The maximum Gasteiger partial charge on any atom is 0.0494 e. The lowest BCUT2D eigenvalue weighted by atomic mass is 9.56. The third-order valence-corrected chi connectivity index (χ3v) is 11.8. The normalized spacial score (nSPS) is 34.1. The first-order valence-corrected chi connectivity index (χ1v) is 16.0. The van der Waals surface area contributed by atoms with Gasteiger partial charge in [0, 0.05) is 21.7 Å². The molecular weight excluding hydrogens is 524 g/mol. The van der Waals surface area contributed by atoms with E-state index in [9.17, 15) is 0 Å². The smallest absolute Gasteiger partial charge is 0.0494 e. The molecule has 0 nitrogen and oxygen atoms in total. The van der Waals surface area contributed by atoms with Gasteiger partial charge in [0.2, 0.25) is 0 Å². The summed E-state index contributed by atoms with van der Waals surface area (Å²) in [6, 6.07) is 7.29. The molecule has 0 radical (unpaired) electrons. The van der Waals surface area contributed by atoms with E-state index >= 15 is 0 Å². The van der Waals surface area contributed by atoms with Crippen molar-refractivity contribution in [2.24, 2.45) is 17.8 Å². The van der Waals surface area contributed by atoms with Crippen LogP contribution in [0.5, 0.6) is 0 Å². The van der Waals surface area contributed by atoms with Crippen LogP contribution in [-0.2, 0) is 5.41 Å². The van der Waals surface area contributed by atoms with Gasteiger partial charge in [-0.05, 0) is 139 Å². The van der Waals surface area contributed by atoms with Crippen LogP contribution in [0.25, 0.3) is 5.57 Å². The minimum Gasteiger partial charge on any atom is -0.0839 e. The largest absolute Gasteiger partial charge is 0.0839 e. The molecule has 4 unspecified atom stereocenters. The Morgan fingerprint density at radius 2 is 1.61 bits per heavy atom. The number of hydrogen-bond donors (Lipinski definition) is 0. The van der Waals surface area contributed by atoms with Crippen LogP contribution in [0.2, 0.25) is 0 Å². The van der Waals surface area contributed by atoms with E-state index in [0.717, 1.165) is 0 Å². The van der Waals surface area contributed by atoms with Gasteiger partial charge in [0.15, 0.2) is 0 Å². The van der Waals surface area contributed by atoms with Crippen molar-refractivity contribution in [3.8, 4) is 0 Å². The molecule has 0 saturated carbocycles. The lowest BCUT2D eigenvalue weighted by molar-refractivity contribution is 0.305. The van der Waals surface area contributed by atoms with Gasteiger partial charge in [0.25, 0.3) is 0 Å². The molecule has 0 fully saturated rings. The molecule has 0 aliphatic heterocycles. The van der Waals surface area contributed by atoms with Crippen LogP contribution in [0.15, 0.2) is 110 Å². The van der Waals surface area contributed by atoms with Crippen LogP contribution in [0.1, 0.15) is 81.8 Å². The van der Waals surface area contributed by atoms with Crippen molar-refractivity contribution >= 4 is 21.5 Å². The monoisotopic (exact) mass is 558 g/mol. The average Bonchev–Trinajstić information content (AvgIpc) is 3.43.